The van der Waals surface area contributed by atoms with Gasteiger partial charge in [0.25, 0.3) is 0 Å². The number of hydrogen-bond donors (Lipinski definition) is 2. The van der Waals surface area contributed by atoms with E-state index < -0.39 is 5.60 Å². The topological polar surface area (TPSA) is 58.6 Å². The van der Waals surface area contributed by atoms with E-state index >= 15 is 0 Å². The second-order valence-corrected chi connectivity index (χ2v) is 5.87. The molecule has 2 unspecified atom stereocenters. The van der Waals surface area contributed by atoms with Crippen molar-refractivity contribution >= 4 is 5.97 Å². The van der Waals surface area contributed by atoms with Gasteiger partial charge in [-0.15, -0.1) is 0 Å². The first kappa shape index (κ1) is 14.5. The molecule has 0 heterocycles. The van der Waals surface area contributed by atoms with E-state index in [-0.39, 0.29) is 12.1 Å². The second kappa shape index (κ2) is 6.36. The zero-order chi connectivity index (χ0) is 12.9. The number of aliphatic hydroxyl groups is 1. The smallest absolute Gasteiger partial charge is 0.307 e. The molecule has 0 aliphatic heterocycles. The molecule has 2 N–H and O–H groups in total. The van der Waals surface area contributed by atoms with Crippen molar-refractivity contribution in [2.75, 3.05) is 13.1 Å². The fourth-order valence-electron chi connectivity index (χ4n) is 2.12. The normalized spacial score (nSPS) is 24.9. The molecule has 0 spiro atoms. The van der Waals surface area contributed by atoms with Crippen molar-refractivity contribution in [2.24, 2.45) is 5.92 Å². The molecule has 100 valence electrons. The molecule has 4 heteroatoms. The molecule has 17 heavy (non-hydrogen) atoms. The summed E-state index contributed by atoms with van der Waals surface area (Å²) < 4.78 is 5.21. The molecular formula is C13H25NO3. The van der Waals surface area contributed by atoms with Gasteiger partial charge in [0, 0.05) is 6.54 Å². The molecule has 1 aliphatic carbocycles. The van der Waals surface area contributed by atoms with Crippen LogP contribution in [0.2, 0.25) is 0 Å². The van der Waals surface area contributed by atoms with E-state index in [0.717, 1.165) is 25.8 Å². The van der Waals surface area contributed by atoms with Gasteiger partial charge in [-0.25, -0.2) is 0 Å². The summed E-state index contributed by atoms with van der Waals surface area (Å²) in [6.07, 6.45) is 3.18. The predicted molar refractivity (Wildman–Crippen MR) is 66.7 cm³/mol. The molecular weight excluding hydrogens is 218 g/mol. The summed E-state index contributed by atoms with van der Waals surface area (Å²) in [5.41, 5.74) is -0.396. The fraction of sp³-hybridized carbons (Fsp3) is 0.923. The number of carbonyl (C=O) groups is 1. The van der Waals surface area contributed by atoms with Gasteiger partial charge in [-0.2, -0.15) is 0 Å². The number of rotatable bonds is 5. The lowest BCUT2D eigenvalue weighted by atomic mass is 10.1. The highest BCUT2D eigenvalue weighted by molar-refractivity contribution is 5.70. The highest BCUT2D eigenvalue weighted by Gasteiger charge is 2.22. The van der Waals surface area contributed by atoms with Crippen LogP contribution in [-0.4, -0.2) is 35.9 Å². The number of carbonyl (C=O) groups excluding carboxylic acids is 1. The van der Waals surface area contributed by atoms with Gasteiger partial charge < -0.3 is 15.2 Å². The first-order valence-corrected chi connectivity index (χ1v) is 6.47. The largest absolute Gasteiger partial charge is 0.460 e. The summed E-state index contributed by atoms with van der Waals surface area (Å²) in [4.78, 5) is 11.4. The summed E-state index contributed by atoms with van der Waals surface area (Å²) in [6, 6.07) is 0. The monoisotopic (exact) mass is 243 g/mol. The van der Waals surface area contributed by atoms with Crippen LogP contribution in [0.3, 0.4) is 0 Å². The van der Waals surface area contributed by atoms with Gasteiger partial charge in [-0.1, -0.05) is 0 Å². The van der Waals surface area contributed by atoms with E-state index in [0.29, 0.717) is 18.9 Å². The van der Waals surface area contributed by atoms with Crippen molar-refractivity contribution in [3.63, 3.8) is 0 Å². The van der Waals surface area contributed by atoms with E-state index in [1.54, 1.807) is 0 Å². The maximum Gasteiger partial charge on any atom is 0.307 e. The highest BCUT2D eigenvalue weighted by atomic mass is 16.6. The Morgan fingerprint density at radius 3 is 2.65 bits per heavy atom. The van der Waals surface area contributed by atoms with Crippen molar-refractivity contribution in [3.8, 4) is 0 Å². The molecule has 0 bridgehead atoms. The average Bonchev–Trinajstić information content (AvgIpc) is 2.56. The van der Waals surface area contributed by atoms with Gasteiger partial charge in [0.15, 0.2) is 0 Å². The lowest BCUT2D eigenvalue weighted by Crippen LogP contribution is -2.28. The van der Waals surface area contributed by atoms with Crippen LogP contribution in [0.4, 0.5) is 0 Å². The van der Waals surface area contributed by atoms with Gasteiger partial charge in [0.05, 0.1) is 12.5 Å². The van der Waals surface area contributed by atoms with E-state index in [1.165, 1.54) is 0 Å². The Morgan fingerprint density at radius 1 is 1.41 bits per heavy atom. The first-order valence-electron chi connectivity index (χ1n) is 6.47. The molecule has 0 aromatic carbocycles. The van der Waals surface area contributed by atoms with Crippen LogP contribution in [0.1, 0.15) is 46.5 Å². The van der Waals surface area contributed by atoms with E-state index in [4.69, 9.17) is 4.74 Å². The Kier molecular flexibility index (Phi) is 5.40. The molecule has 0 amide bonds. The van der Waals surface area contributed by atoms with Crippen LogP contribution in [0, 0.1) is 5.92 Å². The van der Waals surface area contributed by atoms with Crippen LogP contribution in [-0.2, 0) is 9.53 Å². The Bertz CT molecular complexity index is 248. The van der Waals surface area contributed by atoms with Gasteiger partial charge in [-0.3, -0.25) is 4.79 Å². The van der Waals surface area contributed by atoms with E-state index in [2.05, 4.69) is 5.32 Å². The van der Waals surface area contributed by atoms with E-state index in [1.807, 2.05) is 20.8 Å². The zero-order valence-electron chi connectivity index (χ0n) is 11.2. The number of aliphatic hydroxyl groups excluding tert-OH is 1. The van der Waals surface area contributed by atoms with E-state index in [9.17, 15) is 9.90 Å². The SMILES string of the molecule is CC(C)(C)OC(=O)CCNCC1CCC(O)C1. The molecule has 0 aromatic rings. The van der Waals surface area contributed by atoms with Crippen LogP contribution in [0.5, 0.6) is 0 Å². The van der Waals surface area contributed by atoms with Gasteiger partial charge in [0.1, 0.15) is 5.60 Å². The van der Waals surface area contributed by atoms with Crippen LogP contribution >= 0.6 is 0 Å². The lowest BCUT2D eigenvalue weighted by Gasteiger charge is -2.19. The van der Waals surface area contributed by atoms with Crippen molar-refractivity contribution in [1.82, 2.24) is 5.32 Å². The van der Waals surface area contributed by atoms with Crippen LogP contribution < -0.4 is 5.32 Å². The molecule has 0 aromatic heterocycles. The molecule has 1 aliphatic rings. The van der Waals surface area contributed by atoms with Crippen molar-refractivity contribution in [1.29, 1.82) is 0 Å². The van der Waals surface area contributed by atoms with Crippen molar-refractivity contribution < 1.29 is 14.6 Å². The molecule has 4 nitrogen and oxygen atoms in total. The second-order valence-electron chi connectivity index (χ2n) is 5.87. The Labute approximate surface area is 104 Å². The molecule has 2 atom stereocenters. The summed E-state index contributed by atoms with van der Waals surface area (Å²) >= 11 is 0. The molecule has 0 radical (unpaired) electrons. The minimum absolute atomic E-state index is 0.118. The zero-order valence-corrected chi connectivity index (χ0v) is 11.2. The summed E-state index contributed by atoms with van der Waals surface area (Å²) in [5.74, 6) is 0.403. The van der Waals surface area contributed by atoms with Gasteiger partial charge in [-0.05, 0) is 52.5 Å². The number of ether oxygens (including phenoxy) is 1. The predicted octanol–water partition coefficient (Wildman–Crippen LogP) is 1.47. The number of nitrogens with one attached hydrogen (secondary N) is 1. The minimum atomic E-state index is -0.396. The average molecular weight is 243 g/mol. The quantitative estimate of drug-likeness (QED) is 0.567. The maximum absolute atomic E-state index is 11.4. The molecule has 1 rings (SSSR count). The molecule has 1 fully saturated rings. The molecule has 0 saturated heterocycles. The van der Waals surface area contributed by atoms with Crippen LogP contribution in [0.25, 0.3) is 0 Å². The number of hydrogen-bond acceptors (Lipinski definition) is 4. The van der Waals surface area contributed by atoms with Crippen molar-refractivity contribution in [3.05, 3.63) is 0 Å². The third-order valence-electron chi connectivity index (χ3n) is 2.87. The third kappa shape index (κ3) is 6.64. The first-order chi connectivity index (χ1) is 7.87. The Hall–Kier alpha value is -0.610. The maximum atomic E-state index is 11.4. The lowest BCUT2D eigenvalue weighted by molar-refractivity contribution is -0.154. The van der Waals surface area contributed by atoms with Gasteiger partial charge in [0.2, 0.25) is 0 Å². The van der Waals surface area contributed by atoms with Crippen LogP contribution in [0.15, 0.2) is 0 Å². The van der Waals surface area contributed by atoms with Crippen molar-refractivity contribution in [2.45, 2.75) is 58.2 Å². The Morgan fingerprint density at radius 2 is 2.12 bits per heavy atom. The summed E-state index contributed by atoms with van der Waals surface area (Å²) in [7, 11) is 0. The van der Waals surface area contributed by atoms with Gasteiger partial charge >= 0.3 is 5.97 Å². The standard InChI is InChI=1S/C13H25NO3/c1-13(2,3)17-12(16)6-7-14-9-10-4-5-11(15)8-10/h10-11,14-15H,4-9H2,1-3H3. The summed E-state index contributed by atoms with van der Waals surface area (Å²) in [5, 5.41) is 12.6. The summed E-state index contributed by atoms with van der Waals surface area (Å²) in [6.45, 7) is 7.16. The minimum Gasteiger partial charge on any atom is -0.460 e. The number of esters is 1. The Balaban J connectivity index is 2.02. The molecule has 1 saturated carbocycles. The third-order valence-corrected chi connectivity index (χ3v) is 2.87. The fourth-order valence-corrected chi connectivity index (χ4v) is 2.12. The highest BCUT2D eigenvalue weighted by Crippen LogP contribution is 2.24.